The van der Waals surface area contributed by atoms with E-state index in [0.717, 1.165) is 4.90 Å². The molecule has 0 N–H and O–H groups in total. The third-order valence-corrected chi connectivity index (χ3v) is 4.61. The Morgan fingerprint density at radius 1 is 1.04 bits per heavy atom. The SMILES string of the molecule is COc1ccc(C(C)=O)cc1COC(=O)[C@@H](C)N1C(=O)c2ccccc2C1=O. The van der Waals surface area contributed by atoms with Crippen molar-refractivity contribution in [2.24, 2.45) is 0 Å². The van der Waals surface area contributed by atoms with Crippen LogP contribution >= 0.6 is 0 Å². The lowest BCUT2D eigenvalue weighted by Crippen LogP contribution is -2.43. The van der Waals surface area contributed by atoms with Crippen LogP contribution in [0.5, 0.6) is 5.75 Å². The van der Waals surface area contributed by atoms with E-state index in [1.807, 2.05) is 0 Å². The van der Waals surface area contributed by atoms with E-state index < -0.39 is 23.8 Å². The molecule has 2 aromatic rings. The van der Waals surface area contributed by atoms with Gasteiger partial charge < -0.3 is 9.47 Å². The Balaban J connectivity index is 1.74. The fourth-order valence-electron chi connectivity index (χ4n) is 3.04. The summed E-state index contributed by atoms with van der Waals surface area (Å²) in [6.45, 7) is 2.71. The van der Waals surface area contributed by atoms with E-state index in [9.17, 15) is 19.2 Å². The molecule has 0 aliphatic carbocycles. The lowest BCUT2D eigenvalue weighted by molar-refractivity contribution is -0.149. The summed E-state index contributed by atoms with van der Waals surface area (Å²) in [5, 5.41) is 0. The van der Waals surface area contributed by atoms with Gasteiger partial charge in [-0.15, -0.1) is 0 Å². The van der Waals surface area contributed by atoms with Crippen LogP contribution < -0.4 is 4.74 Å². The number of fused-ring (bicyclic) bond motifs is 1. The predicted molar refractivity (Wildman–Crippen MR) is 99.2 cm³/mol. The zero-order chi connectivity index (χ0) is 20.4. The van der Waals surface area contributed by atoms with Gasteiger partial charge in [0.1, 0.15) is 18.4 Å². The Morgan fingerprint density at radius 2 is 1.64 bits per heavy atom. The van der Waals surface area contributed by atoms with Gasteiger partial charge in [-0.1, -0.05) is 12.1 Å². The molecule has 1 aliphatic rings. The van der Waals surface area contributed by atoms with Crippen LogP contribution in [0.2, 0.25) is 0 Å². The van der Waals surface area contributed by atoms with Crippen molar-refractivity contribution in [1.82, 2.24) is 4.90 Å². The Morgan fingerprint density at radius 3 is 2.18 bits per heavy atom. The molecule has 3 rings (SSSR count). The number of nitrogens with zero attached hydrogens (tertiary/aromatic N) is 1. The van der Waals surface area contributed by atoms with Gasteiger partial charge in [0.2, 0.25) is 0 Å². The monoisotopic (exact) mass is 381 g/mol. The number of amides is 2. The maximum Gasteiger partial charge on any atom is 0.329 e. The van der Waals surface area contributed by atoms with Crippen molar-refractivity contribution in [1.29, 1.82) is 0 Å². The average molecular weight is 381 g/mol. The second-order valence-electron chi connectivity index (χ2n) is 6.39. The van der Waals surface area contributed by atoms with Crippen molar-refractivity contribution in [3.05, 3.63) is 64.7 Å². The number of hydrogen-bond acceptors (Lipinski definition) is 6. The largest absolute Gasteiger partial charge is 0.496 e. The van der Waals surface area contributed by atoms with Crippen molar-refractivity contribution in [3.63, 3.8) is 0 Å². The summed E-state index contributed by atoms with van der Waals surface area (Å²) in [7, 11) is 1.47. The molecule has 0 spiro atoms. The Hall–Kier alpha value is -3.48. The number of hydrogen-bond donors (Lipinski definition) is 0. The third kappa shape index (κ3) is 3.38. The molecule has 144 valence electrons. The summed E-state index contributed by atoms with van der Waals surface area (Å²) in [5.41, 5.74) is 1.50. The molecule has 28 heavy (non-hydrogen) atoms. The van der Waals surface area contributed by atoms with Crippen molar-refractivity contribution < 1.29 is 28.7 Å². The highest BCUT2D eigenvalue weighted by molar-refractivity contribution is 6.22. The number of imide groups is 1. The molecule has 0 fully saturated rings. The molecule has 2 aromatic carbocycles. The lowest BCUT2D eigenvalue weighted by Gasteiger charge is -2.21. The van der Waals surface area contributed by atoms with Crippen LogP contribution in [0.3, 0.4) is 0 Å². The van der Waals surface area contributed by atoms with Crippen LogP contribution in [-0.4, -0.2) is 41.6 Å². The second-order valence-corrected chi connectivity index (χ2v) is 6.39. The van der Waals surface area contributed by atoms with Crippen LogP contribution in [0, 0.1) is 0 Å². The van der Waals surface area contributed by atoms with E-state index in [-0.39, 0.29) is 23.5 Å². The molecular formula is C21H19NO6. The number of benzene rings is 2. The molecule has 0 radical (unpaired) electrons. The predicted octanol–water partition coefficient (Wildman–Crippen LogP) is 2.63. The van der Waals surface area contributed by atoms with Gasteiger partial charge in [0, 0.05) is 11.1 Å². The number of methoxy groups -OCH3 is 1. The summed E-state index contributed by atoms with van der Waals surface area (Å²) in [5.74, 6) is -1.45. The molecule has 1 atom stereocenters. The van der Waals surface area contributed by atoms with Gasteiger partial charge in [-0.3, -0.25) is 19.3 Å². The minimum Gasteiger partial charge on any atom is -0.496 e. The zero-order valence-electron chi connectivity index (χ0n) is 15.7. The number of ketones is 1. The minimum absolute atomic E-state index is 0.130. The first-order valence-electron chi connectivity index (χ1n) is 8.66. The topological polar surface area (TPSA) is 90.0 Å². The van der Waals surface area contributed by atoms with E-state index in [4.69, 9.17) is 9.47 Å². The molecular weight excluding hydrogens is 362 g/mol. The fraction of sp³-hybridized carbons (Fsp3) is 0.238. The van der Waals surface area contributed by atoms with Crippen molar-refractivity contribution in [3.8, 4) is 5.75 Å². The Bertz CT molecular complexity index is 946. The first-order valence-corrected chi connectivity index (χ1v) is 8.66. The van der Waals surface area contributed by atoms with E-state index in [2.05, 4.69) is 0 Å². The third-order valence-electron chi connectivity index (χ3n) is 4.61. The van der Waals surface area contributed by atoms with Gasteiger partial charge in [-0.25, -0.2) is 4.79 Å². The quantitative estimate of drug-likeness (QED) is 0.434. The maximum absolute atomic E-state index is 12.5. The van der Waals surface area contributed by atoms with Crippen LogP contribution in [0.4, 0.5) is 0 Å². The van der Waals surface area contributed by atoms with Gasteiger partial charge in [0.05, 0.1) is 18.2 Å². The van der Waals surface area contributed by atoms with Gasteiger partial charge in [-0.05, 0) is 44.2 Å². The number of esters is 1. The van der Waals surface area contributed by atoms with Crippen LogP contribution in [0.15, 0.2) is 42.5 Å². The smallest absolute Gasteiger partial charge is 0.329 e. The van der Waals surface area contributed by atoms with Gasteiger partial charge in [0.15, 0.2) is 5.78 Å². The molecule has 7 heteroatoms. The molecule has 1 aliphatic heterocycles. The second kappa shape index (κ2) is 7.64. The highest BCUT2D eigenvalue weighted by Gasteiger charge is 2.41. The summed E-state index contributed by atoms with van der Waals surface area (Å²) < 4.78 is 10.5. The summed E-state index contributed by atoms with van der Waals surface area (Å²) in [6.07, 6.45) is 0. The van der Waals surface area contributed by atoms with Crippen LogP contribution in [-0.2, 0) is 16.1 Å². The molecule has 2 amide bonds. The Kier molecular flexibility index (Phi) is 5.26. The van der Waals surface area contributed by atoms with E-state index in [0.29, 0.717) is 16.9 Å². The molecule has 0 saturated carbocycles. The van der Waals surface area contributed by atoms with E-state index >= 15 is 0 Å². The number of Topliss-reactive ketones (excluding diaryl/α,β-unsaturated/α-hetero) is 1. The molecule has 0 saturated heterocycles. The normalized spacial score (nSPS) is 13.9. The molecule has 7 nitrogen and oxygen atoms in total. The van der Waals surface area contributed by atoms with Crippen LogP contribution in [0.25, 0.3) is 0 Å². The summed E-state index contributed by atoms with van der Waals surface area (Å²) in [6, 6.07) is 10.1. The lowest BCUT2D eigenvalue weighted by atomic mass is 10.1. The number of ether oxygens (including phenoxy) is 2. The molecule has 0 aromatic heterocycles. The van der Waals surface area contributed by atoms with E-state index in [1.54, 1.807) is 42.5 Å². The zero-order valence-corrected chi connectivity index (χ0v) is 15.7. The van der Waals surface area contributed by atoms with Gasteiger partial charge in [0.25, 0.3) is 11.8 Å². The fourth-order valence-corrected chi connectivity index (χ4v) is 3.04. The highest BCUT2D eigenvalue weighted by atomic mass is 16.5. The number of carbonyl (C=O) groups excluding carboxylic acids is 4. The first-order chi connectivity index (χ1) is 13.3. The minimum atomic E-state index is -1.09. The number of carbonyl (C=O) groups is 4. The molecule has 0 bridgehead atoms. The van der Waals surface area contributed by atoms with Crippen LogP contribution in [0.1, 0.15) is 50.5 Å². The van der Waals surface area contributed by atoms with Crippen molar-refractivity contribution >= 4 is 23.6 Å². The van der Waals surface area contributed by atoms with Crippen molar-refractivity contribution in [2.75, 3.05) is 7.11 Å². The van der Waals surface area contributed by atoms with Crippen molar-refractivity contribution in [2.45, 2.75) is 26.5 Å². The first kappa shape index (κ1) is 19.3. The van der Waals surface area contributed by atoms with Gasteiger partial charge in [-0.2, -0.15) is 0 Å². The Labute approximate surface area is 161 Å². The standard InChI is InChI=1S/C21H19NO6/c1-12(22-19(24)16-6-4-5-7-17(16)20(22)25)21(26)28-11-15-10-14(13(2)23)8-9-18(15)27-3/h4-10,12H,11H2,1-3H3/t12-/m1/s1. The molecule has 0 unspecified atom stereocenters. The molecule has 1 heterocycles. The summed E-state index contributed by atoms with van der Waals surface area (Å²) >= 11 is 0. The average Bonchev–Trinajstić information content (AvgIpc) is 2.96. The van der Waals surface area contributed by atoms with Gasteiger partial charge >= 0.3 is 5.97 Å². The highest BCUT2D eigenvalue weighted by Crippen LogP contribution is 2.26. The summed E-state index contributed by atoms with van der Waals surface area (Å²) in [4.78, 5) is 49.9. The number of rotatable bonds is 6. The maximum atomic E-state index is 12.5. The van der Waals surface area contributed by atoms with E-state index in [1.165, 1.54) is 21.0 Å².